The van der Waals surface area contributed by atoms with Gasteiger partial charge in [0.1, 0.15) is 29.8 Å². The predicted molar refractivity (Wildman–Crippen MR) is 214 cm³/mol. The van der Waals surface area contributed by atoms with Crippen molar-refractivity contribution >= 4 is 64.0 Å². The number of carbonyl (C=O) groups is 7. The van der Waals surface area contributed by atoms with Crippen LogP contribution < -0.4 is 55.1 Å². The van der Waals surface area contributed by atoms with Gasteiger partial charge in [0.2, 0.25) is 35.4 Å². The fraction of sp³-hybridized carbons (Fsp3) is 0.541. The van der Waals surface area contributed by atoms with Crippen molar-refractivity contribution in [1.82, 2.24) is 21.3 Å². The third kappa shape index (κ3) is 20.8. The number of halogens is 6. The lowest BCUT2D eigenvalue weighted by Gasteiger charge is -2.27. The Morgan fingerprint density at radius 3 is 1.78 bits per heavy atom. The maximum Gasteiger partial charge on any atom is 0.490 e. The molecule has 1 aromatic heterocycles. The summed E-state index contributed by atoms with van der Waals surface area (Å²) in [6.45, 7) is 5.16. The second-order valence-electron chi connectivity index (χ2n) is 14.3. The minimum absolute atomic E-state index is 0.0508. The third-order valence-electron chi connectivity index (χ3n) is 8.43. The molecule has 14 N–H and O–H groups in total. The molecule has 0 aliphatic rings. The second kappa shape index (κ2) is 25.5. The zero-order chi connectivity index (χ0) is 48.2. The predicted octanol–water partition coefficient (Wildman–Crippen LogP) is 0.837. The summed E-state index contributed by atoms with van der Waals surface area (Å²) in [4.78, 5) is 102. The van der Waals surface area contributed by atoms with E-state index >= 15 is 0 Å². The number of nitrogens with two attached hydrogens (primary N) is 4. The number of rotatable bonds is 22. The van der Waals surface area contributed by atoms with Crippen molar-refractivity contribution in [2.45, 2.75) is 109 Å². The minimum atomic E-state index is -5.08. The molecule has 0 saturated heterocycles. The first-order valence-corrected chi connectivity index (χ1v) is 19.1. The number of amides is 6. The van der Waals surface area contributed by atoms with Gasteiger partial charge >= 0.3 is 23.9 Å². The molecule has 0 spiro atoms. The van der Waals surface area contributed by atoms with Crippen LogP contribution in [0, 0.1) is 5.92 Å². The Morgan fingerprint density at radius 2 is 1.29 bits per heavy atom. The number of carbonyl (C=O) groups excluding carboxylic acids is 6. The van der Waals surface area contributed by atoms with Crippen molar-refractivity contribution < 1.29 is 69.4 Å². The number of hydrogen-bond acceptors (Lipinski definition) is 11. The number of primary amides is 1. The number of benzene rings is 1. The summed E-state index contributed by atoms with van der Waals surface area (Å²) in [5.74, 6) is -7.64. The van der Waals surface area contributed by atoms with E-state index in [1.165, 1.54) is 6.92 Å². The highest BCUT2D eigenvalue weighted by Gasteiger charge is 2.38. The quantitative estimate of drug-likeness (QED) is 0.0258. The molecule has 0 aliphatic carbocycles. The van der Waals surface area contributed by atoms with Crippen LogP contribution >= 0.6 is 0 Å². The first-order valence-electron chi connectivity index (χ1n) is 19.1. The molecule has 6 amide bonds. The van der Waals surface area contributed by atoms with Crippen molar-refractivity contribution in [3.63, 3.8) is 0 Å². The lowest BCUT2D eigenvalue weighted by atomic mass is 10.0. The molecule has 0 bridgehead atoms. The third-order valence-corrected chi connectivity index (χ3v) is 8.43. The zero-order valence-corrected chi connectivity index (χ0v) is 34.4. The van der Waals surface area contributed by atoms with E-state index in [2.05, 4.69) is 31.6 Å². The molecular formula is C37H52F6N10O10. The fourth-order valence-corrected chi connectivity index (χ4v) is 5.56. The second-order valence-corrected chi connectivity index (χ2v) is 14.3. The van der Waals surface area contributed by atoms with Gasteiger partial charge in [-0.05, 0) is 69.5 Å². The molecule has 1 heterocycles. The lowest BCUT2D eigenvalue weighted by Crippen LogP contribution is -2.58. The van der Waals surface area contributed by atoms with Crippen molar-refractivity contribution in [3.8, 4) is 0 Å². The number of aliphatic imine (C=N–C) groups is 1. The van der Waals surface area contributed by atoms with Gasteiger partial charge in [-0.1, -0.05) is 13.8 Å². The maximum absolute atomic E-state index is 13.8. The number of carboxylic acids is 1. The summed E-state index contributed by atoms with van der Waals surface area (Å²) in [5.41, 5.74) is 18.7. The number of nitrogens with one attached hydrogen (secondary N) is 5. The number of fused-ring (bicyclic) bond motifs is 1. The summed E-state index contributed by atoms with van der Waals surface area (Å²) in [5, 5.41) is 19.4. The monoisotopic (exact) mass is 910 g/mol. The molecule has 2 aromatic rings. The largest absolute Gasteiger partial charge is 0.490 e. The average molecular weight is 911 g/mol. The highest BCUT2D eigenvalue weighted by Crippen LogP contribution is 2.34. The molecule has 0 aliphatic heterocycles. The highest BCUT2D eigenvalue weighted by molar-refractivity contribution is 6.00. The van der Waals surface area contributed by atoms with Gasteiger partial charge in [0.15, 0.2) is 5.96 Å². The number of guanidine groups is 1. The molecule has 20 nitrogen and oxygen atoms in total. The van der Waals surface area contributed by atoms with Gasteiger partial charge in [-0.3, -0.25) is 33.8 Å². The zero-order valence-electron chi connectivity index (χ0n) is 34.4. The maximum atomic E-state index is 13.8. The number of hydrogen-bond donors (Lipinski definition) is 10. The Morgan fingerprint density at radius 1 is 0.762 bits per heavy atom. The number of anilines is 1. The first kappa shape index (κ1) is 54.5. The van der Waals surface area contributed by atoms with Gasteiger partial charge in [0, 0.05) is 43.1 Å². The van der Waals surface area contributed by atoms with Gasteiger partial charge in [-0.2, -0.15) is 26.3 Å². The molecule has 1 aromatic carbocycles. The first-order chi connectivity index (χ1) is 29.2. The summed E-state index contributed by atoms with van der Waals surface area (Å²) >= 11 is 0. The van der Waals surface area contributed by atoms with Crippen LogP contribution in [0.3, 0.4) is 0 Å². The van der Waals surface area contributed by atoms with E-state index in [0.29, 0.717) is 25.5 Å². The Hall–Kier alpha value is -6.47. The number of carboxylic acid groups (broad SMARTS) is 1. The van der Waals surface area contributed by atoms with Gasteiger partial charge < -0.3 is 59.0 Å². The molecule has 4 atom stereocenters. The Bertz CT molecular complexity index is 2010. The highest BCUT2D eigenvalue weighted by atomic mass is 19.4. The van der Waals surface area contributed by atoms with Crippen LogP contribution in [0.15, 0.2) is 38.5 Å². The fourth-order valence-electron chi connectivity index (χ4n) is 5.56. The van der Waals surface area contributed by atoms with E-state index < -0.39 is 100 Å². The molecule has 2 rings (SSSR count). The van der Waals surface area contributed by atoms with Crippen molar-refractivity contribution in [3.05, 3.63) is 40.2 Å². The molecule has 0 radical (unpaired) electrons. The average Bonchev–Trinajstić information content (AvgIpc) is 3.15. The van der Waals surface area contributed by atoms with Gasteiger partial charge in [-0.15, -0.1) is 0 Å². The molecule has 0 fully saturated rings. The summed E-state index contributed by atoms with van der Waals surface area (Å²) < 4.78 is 77.4. The summed E-state index contributed by atoms with van der Waals surface area (Å²) in [7, 11) is 0. The molecule has 63 heavy (non-hydrogen) atoms. The van der Waals surface area contributed by atoms with E-state index in [-0.39, 0.29) is 62.6 Å². The van der Waals surface area contributed by atoms with Gasteiger partial charge in [-0.25, -0.2) is 9.59 Å². The van der Waals surface area contributed by atoms with Crippen LogP contribution in [-0.2, 0) is 39.7 Å². The normalized spacial score (nSPS) is 13.3. The van der Waals surface area contributed by atoms with E-state index in [0.717, 1.165) is 18.2 Å². The molecular weight excluding hydrogens is 858 g/mol. The van der Waals surface area contributed by atoms with Crippen molar-refractivity contribution in [1.29, 1.82) is 0 Å². The van der Waals surface area contributed by atoms with Crippen LogP contribution in [-0.4, -0.2) is 95.9 Å². The summed E-state index contributed by atoms with van der Waals surface area (Å²) in [6.07, 6.45) is -9.08. The molecule has 26 heteroatoms. The smallest absolute Gasteiger partial charge is 0.475 e. The van der Waals surface area contributed by atoms with E-state index in [4.69, 9.17) is 37.3 Å². The van der Waals surface area contributed by atoms with Crippen LogP contribution in [0.25, 0.3) is 11.0 Å². The van der Waals surface area contributed by atoms with Gasteiger partial charge in [0.05, 0.1) is 5.56 Å². The van der Waals surface area contributed by atoms with Crippen molar-refractivity contribution in [2.24, 2.45) is 33.8 Å². The van der Waals surface area contributed by atoms with E-state index in [1.807, 2.05) is 0 Å². The van der Waals surface area contributed by atoms with Crippen molar-refractivity contribution in [2.75, 3.05) is 18.4 Å². The number of aliphatic carboxylic acids is 1. The lowest BCUT2D eigenvalue weighted by molar-refractivity contribution is -0.192. The molecule has 0 saturated carbocycles. The number of unbranched alkanes of at least 4 members (excludes halogenated alkanes) is 1. The Balaban J connectivity index is 0.00000260. The molecule has 352 valence electrons. The van der Waals surface area contributed by atoms with E-state index in [1.54, 1.807) is 13.8 Å². The minimum Gasteiger partial charge on any atom is -0.475 e. The molecule has 4 unspecified atom stereocenters. The topological polar surface area (TPSA) is 347 Å². The van der Waals surface area contributed by atoms with E-state index in [9.17, 15) is 59.9 Å². The van der Waals surface area contributed by atoms with Crippen LogP contribution in [0.2, 0.25) is 0 Å². The Labute approximate surface area is 355 Å². The summed E-state index contributed by atoms with van der Waals surface area (Å²) in [6, 6.07) is -1.47. The SMILES string of the molecule is CC(=O)NC(CCCCN)C(=O)NC(CCC(N)=O)C(=O)NC(CC(C)C)C(=O)NC(CCCN=C(N)N)C(=O)Nc1ccc2c(C(F)(F)F)cc(=O)oc2c1.O=C(O)C(F)(F)F. The number of nitrogens with zero attached hydrogens (tertiary/aromatic N) is 1. The Kier molecular flexibility index (Phi) is 22.0. The van der Waals surface area contributed by atoms with Crippen LogP contribution in [0.1, 0.15) is 77.7 Å². The van der Waals surface area contributed by atoms with Gasteiger partial charge in [0.25, 0.3) is 0 Å². The van der Waals surface area contributed by atoms with Crippen LogP contribution in [0.4, 0.5) is 32.0 Å². The standard InChI is InChI=1S/C35H51F3N10O8.C2HF3O2/c1-18(2)15-26(48-32(54)25(11-12-28(40)50)47-31(53)23(44-19(3)49)7-4-5-13-39)33(55)46-24(8-6-14-43-34(41)42)30(52)45-20-9-10-21-22(35(36,37)38)17-29(51)56-27(21)16-20;3-2(4,5)1(6)7/h9-10,16-18,23-26H,4-8,11-15,39H2,1-3H3,(H2,40,50)(H,44,49)(H,45,52)(H,46,55)(H,47,53)(H,48,54)(H4,41,42,43);(H,6,7). The van der Waals surface area contributed by atoms with Crippen LogP contribution in [0.5, 0.6) is 0 Å². The number of alkyl halides is 6.